The summed E-state index contributed by atoms with van der Waals surface area (Å²) in [6, 6.07) is 6.14. The Kier molecular flexibility index (Phi) is 4.31. The van der Waals surface area contributed by atoms with E-state index in [1.54, 1.807) is 0 Å². The molecule has 0 aromatic carbocycles. The molecule has 1 unspecified atom stereocenters. The lowest BCUT2D eigenvalue weighted by Gasteiger charge is -2.23. The van der Waals surface area contributed by atoms with Crippen LogP contribution in [0, 0.1) is 5.92 Å². The van der Waals surface area contributed by atoms with Gasteiger partial charge in [-0.2, -0.15) is 0 Å². The smallest absolute Gasteiger partial charge is 0.0543 e. The minimum absolute atomic E-state index is 0.823. The zero-order chi connectivity index (χ0) is 11.2. The Bertz CT molecular complexity index is 293. The van der Waals surface area contributed by atoms with E-state index in [0.29, 0.717) is 0 Å². The molecule has 0 saturated carbocycles. The van der Waals surface area contributed by atoms with Crippen LogP contribution in [0.4, 0.5) is 0 Å². The van der Waals surface area contributed by atoms with Crippen molar-refractivity contribution in [1.82, 2.24) is 15.2 Å². The Morgan fingerprint density at radius 3 is 3.06 bits per heavy atom. The summed E-state index contributed by atoms with van der Waals surface area (Å²) < 4.78 is 0. The number of pyridine rings is 1. The molecule has 3 heteroatoms. The fourth-order valence-electron chi connectivity index (χ4n) is 2.26. The van der Waals surface area contributed by atoms with Crippen molar-refractivity contribution in [3.05, 3.63) is 30.1 Å². The minimum atomic E-state index is 0.823. The van der Waals surface area contributed by atoms with Crippen LogP contribution in [0.2, 0.25) is 0 Å². The number of nitrogens with zero attached hydrogens (tertiary/aromatic N) is 2. The van der Waals surface area contributed by atoms with Crippen molar-refractivity contribution < 1.29 is 0 Å². The zero-order valence-electron chi connectivity index (χ0n) is 10.0. The van der Waals surface area contributed by atoms with E-state index in [2.05, 4.69) is 34.3 Å². The second kappa shape index (κ2) is 5.97. The van der Waals surface area contributed by atoms with Crippen LogP contribution in [0.5, 0.6) is 0 Å². The molecule has 1 saturated heterocycles. The normalized spacial score (nSPS) is 20.5. The highest BCUT2D eigenvalue weighted by Gasteiger charge is 2.17. The van der Waals surface area contributed by atoms with Crippen LogP contribution in [-0.2, 0) is 6.54 Å². The molecule has 0 aliphatic carbocycles. The molecule has 1 aliphatic heterocycles. The molecule has 2 rings (SSSR count). The van der Waals surface area contributed by atoms with Gasteiger partial charge in [0.15, 0.2) is 0 Å². The lowest BCUT2D eigenvalue weighted by atomic mass is 10.1. The summed E-state index contributed by atoms with van der Waals surface area (Å²) in [7, 11) is 0. The van der Waals surface area contributed by atoms with Crippen molar-refractivity contribution in [3.63, 3.8) is 0 Å². The van der Waals surface area contributed by atoms with Crippen molar-refractivity contribution in [2.24, 2.45) is 5.92 Å². The van der Waals surface area contributed by atoms with Crippen LogP contribution in [-0.4, -0.2) is 36.1 Å². The zero-order valence-corrected chi connectivity index (χ0v) is 10.0. The first kappa shape index (κ1) is 11.6. The first-order valence-electron chi connectivity index (χ1n) is 6.21. The van der Waals surface area contributed by atoms with Crippen LogP contribution < -0.4 is 5.32 Å². The van der Waals surface area contributed by atoms with E-state index in [-0.39, 0.29) is 0 Å². The average molecular weight is 219 g/mol. The molecular weight excluding hydrogens is 198 g/mol. The molecule has 0 amide bonds. The lowest BCUT2D eigenvalue weighted by Crippen LogP contribution is -2.30. The number of hydrogen-bond donors (Lipinski definition) is 1. The molecule has 1 atom stereocenters. The lowest BCUT2D eigenvalue weighted by molar-refractivity contribution is 0.238. The predicted octanol–water partition coefficient (Wildman–Crippen LogP) is 1.51. The van der Waals surface area contributed by atoms with E-state index >= 15 is 0 Å². The largest absolute Gasteiger partial charge is 0.316 e. The van der Waals surface area contributed by atoms with E-state index in [9.17, 15) is 0 Å². The first-order valence-corrected chi connectivity index (χ1v) is 6.21. The minimum Gasteiger partial charge on any atom is -0.316 e. The fourth-order valence-corrected chi connectivity index (χ4v) is 2.26. The highest BCUT2D eigenvalue weighted by Crippen LogP contribution is 2.11. The number of hydrogen-bond acceptors (Lipinski definition) is 3. The third-order valence-corrected chi connectivity index (χ3v) is 3.24. The van der Waals surface area contributed by atoms with E-state index in [0.717, 1.165) is 19.0 Å². The highest BCUT2D eigenvalue weighted by atomic mass is 15.1. The molecular formula is C13H21N3. The van der Waals surface area contributed by atoms with Gasteiger partial charge in [-0.1, -0.05) is 13.0 Å². The average Bonchev–Trinajstić information content (AvgIpc) is 2.82. The summed E-state index contributed by atoms with van der Waals surface area (Å²) in [5, 5.41) is 3.42. The molecule has 0 radical (unpaired) electrons. The van der Waals surface area contributed by atoms with E-state index in [4.69, 9.17) is 0 Å². The second-order valence-electron chi connectivity index (χ2n) is 4.51. The van der Waals surface area contributed by atoms with Gasteiger partial charge in [0.05, 0.1) is 5.69 Å². The maximum absolute atomic E-state index is 4.38. The summed E-state index contributed by atoms with van der Waals surface area (Å²) in [6.45, 7) is 7.87. The summed E-state index contributed by atoms with van der Waals surface area (Å²) in [5.74, 6) is 0.823. The number of nitrogens with one attached hydrogen (secondary N) is 1. The first-order chi connectivity index (χ1) is 7.88. The molecule has 88 valence electrons. The van der Waals surface area contributed by atoms with Crippen LogP contribution in [0.1, 0.15) is 19.0 Å². The standard InChI is InChI=1S/C13H21N3/c1-2-16(10-12-6-8-14-9-12)11-13-5-3-4-7-15-13/h3-5,7,12,14H,2,6,8-11H2,1H3. The Labute approximate surface area is 97.9 Å². The van der Waals surface area contributed by atoms with Crippen molar-refractivity contribution >= 4 is 0 Å². The molecule has 3 nitrogen and oxygen atoms in total. The summed E-state index contributed by atoms with van der Waals surface area (Å²) >= 11 is 0. The number of rotatable bonds is 5. The van der Waals surface area contributed by atoms with Gasteiger partial charge >= 0.3 is 0 Å². The summed E-state index contributed by atoms with van der Waals surface area (Å²) in [4.78, 5) is 6.87. The third-order valence-electron chi connectivity index (χ3n) is 3.24. The van der Waals surface area contributed by atoms with Crippen molar-refractivity contribution in [1.29, 1.82) is 0 Å². The van der Waals surface area contributed by atoms with Gasteiger partial charge in [-0.3, -0.25) is 9.88 Å². The van der Waals surface area contributed by atoms with Gasteiger partial charge in [0.1, 0.15) is 0 Å². The van der Waals surface area contributed by atoms with Crippen LogP contribution in [0.15, 0.2) is 24.4 Å². The molecule has 0 bridgehead atoms. The SMILES string of the molecule is CCN(Cc1ccccn1)CC1CCNC1. The van der Waals surface area contributed by atoms with E-state index < -0.39 is 0 Å². The third kappa shape index (κ3) is 3.29. The molecule has 0 spiro atoms. The van der Waals surface area contributed by atoms with Crippen molar-refractivity contribution in [2.45, 2.75) is 19.9 Å². The maximum Gasteiger partial charge on any atom is 0.0543 e. The van der Waals surface area contributed by atoms with Gasteiger partial charge in [0, 0.05) is 19.3 Å². The summed E-state index contributed by atoms with van der Waals surface area (Å²) in [6.07, 6.45) is 3.19. The van der Waals surface area contributed by atoms with Crippen LogP contribution in [0.3, 0.4) is 0 Å². The molecule has 16 heavy (non-hydrogen) atoms. The highest BCUT2D eigenvalue weighted by molar-refractivity contribution is 5.03. The Balaban J connectivity index is 1.85. The molecule has 1 N–H and O–H groups in total. The monoisotopic (exact) mass is 219 g/mol. The van der Waals surface area contributed by atoms with Crippen LogP contribution >= 0.6 is 0 Å². The Morgan fingerprint density at radius 1 is 1.50 bits per heavy atom. The topological polar surface area (TPSA) is 28.2 Å². The quantitative estimate of drug-likeness (QED) is 0.813. The predicted molar refractivity (Wildman–Crippen MR) is 66.2 cm³/mol. The molecule has 1 aromatic rings. The van der Waals surface area contributed by atoms with Crippen LogP contribution in [0.25, 0.3) is 0 Å². The number of aromatic nitrogens is 1. The maximum atomic E-state index is 4.38. The van der Waals surface area contributed by atoms with Crippen molar-refractivity contribution in [2.75, 3.05) is 26.2 Å². The van der Waals surface area contributed by atoms with Gasteiger partial charge in [-0.05, 0) is 44.1 Å². The Morgan fingerprint density at radius 2 is 2.44 bits per heavy atom. The molecule has 1 aliphatic rings. The van der Waals surface area contributed by atoms with Crippen molar-refractivity contribution in [3.8, 4) is 0 Å². The van der Waals surface area contributed by atoms with Gasteiger partial charge in [0.2, 0.25) is 0 Å². The van der Waals surface area contributed by atoms with Gasteiger partial charge in [0.25, 0.3) is 0 Å². The Hall–Kier alpha value is -0.930. The van der Waals surface area contributed by atoms with Gasteiger partial charge in [-0.25, -0.2) is 0 Å². The summed E-state index contributed by atoms with van der Waals surface area (Å²) in [5.41, 5.74) is 1.18. The van der Waals surface area contributed by atoms with Gasteiger partial charge < -0.3 is 5.32 Å². The molecule has 1 aromatic heterocycles. The second-order valence-corrected chi connectivity index (χ2v) is 4.51. The fraction of sp³-hybridized carbons (Fsp3) is 0.615. The van der Waals surface area contributed by atoms with E-state index in [1.165, 1.54) is 31.7 Å². The van der Waals surface area contributed by atoms with Gasteiger partial charge in [-0.15, -0.1) is 0 Å². The molecule has 2 heterocycles. The van der Waals surface area contributed by atoms with E-state index in [1.807, 2.05) is 12.3 Å². The molecule has 1 fully saturated rings.